The lowest BCUT2D eigenvalue weighted by atomic mass is 10.1. The molecule has 0 amide bonds. The summed E-state index contributed by atoms with van der Waals surface area (Å²) in [5.41, 5.74) is 0.918. The van der Waals surface area contributed by atoms with Crippen molar-refractivity contribution in [3.8, 4) is 5.75 Å². The van der Waals surface area contributed by atoms with Gasteiger partial charge in [-0.15, -0.1) is 0 Å². The Kier molecular flexibility index (Phi) is 5.84. The standard InChI is InChI=1S/C16H16F3NO3S/c1-11(13-3-2-4-15(9-13)23-16(18)19)20-24(21,22)10-12-5-7-14(17)8-6-12/h2-9,11,16,20H,10H2,1H3/t11-/m0/s1. The molecule has 0 saturated heterocycles. The van der Waals surface area contributed by atoms with Crippen molar-refractivity contribution >= 4 is 10.0 Å². The molecule has 1 atom stereocenters. The SMILES string of the molecule is C[C@H](NS(=O)(=O)Cc1ccc(F)cc1)c1cccc(OC(F)F)c1. The summed E-state index contributed by atoms with van der Waals surface area (Å²) in [6.07, 6.45) is 0. The average Bonchev–Trinajstić information content (AvgIpc) is 2.48. The van der Waals surface area contributed by atoms with Crippen LogP contribution in [0.25, 0.3) is 0 Å². The van der Waals surface area contributed by atoms with E-state index in [1.807, 2.05) is 0 Å². The second-order valence-corrected chi connectivity index (χ2v) is 6.93. The van der Waals surface area contributed by atoms with Crippen LogP contribution < -0.4 is 9.46 Å². The fourth-order valence-corrected chi connectivity index (χ4v) is 3.53. The lowest BCUT2D eigenvalue weighted by Gasteiger charge is -2.16. The van der Waals surface area contributed by atoms with E-state index in [-0.39, 0.29) is 11.5 Å². The number of halogens is 3. The Bertz CT molecular complexity index is 779. The van der Waals surface area contributed by atoms with Crippen LogP contribution >= 0.6 is 0 Å². The Labute approximate surface area is 138 Å². The van der Waals surface area contributed by atoms with Crippen molar-refractivity contribution in [2.45, 2.75) is 25.3 Å². The molecule has 0 aliphatic heterocycles. The van der Waals surface area contributed by atoms with Crippen molar-refractivity contribution in [2.75, 3.05) is 0 Å². The van der Waals surface area contributed by atoms with Crippen molar-refractivity contribution < 1.29 is 26.3 Å². The van der Waals surface area contributed by atoms with Crippen molar-refractivity contribution in [1.82, 2.24) is 4.72 Å². The molecule has 0 aliphatic carbocycles. The van der Waals surface area contributed by atoms with E-state index in [1.165, 1.54) is 42.5 Å². The van der Waals surface area contributed by atoms with Gasteiger partial charge in [0.15, 0.2) is 0 Å². The predicted molar refractivity (Wildman–Crippen MR) is 83.6 cm³/mol. The molecule has 1 N–H and O–H groups in total. The van der Waals surface area contributed by atoms with E-state index in [2.05, 4.69) is 9.46 Å². The Balaban J connectivity index is 2.07. The number of alkyl halides is 2. The molecule has 0 spiro atoms. The Hall–Kier alpha value is -2.06. The summed E-state index contributed by atoms with van der Waals surface area (Å²) in [6.45, 7) is -1.37. The van der Waals surface area contributed by atoms with E-state index in [0.717, 1.165) is 0 Å². The molecule has 130 valence electrons. The Morgan fingerprint density at radius 3 is 2.42 bits per heavy atom. The lowest BCUT2D eigenvalue weighted by molar-refractivity contribution is -0.0499. The first-order valence-electron chi connectivity index (χ1n) is 7.04. The van der Waals surface area contributed by atoms with Gasteiger partial charge in [0.1, 0.15) is 11.6 Å². The van der Waals surface area contributed by atoms with Crippen LogP contribution in [-0.4, -0.2) is 15.0 Å². The van der Waals surface area contributed by atoms with Crippen LogP contribution in [0.1, 0.15) is 24.1 Å². The van der Waals surface area contributed by atoms with Crippen LogP contribution in [-0.2, 0) is 15.8 Å². The van der Waals surface area contributed by atoms with Gasteiger partial charge in [-0.05, 0) is 42.3 Å². The first kappa shape index (κ1) is 18.3. The summed E-state index contributed by atoms with van der Waals surface area (Å²) >= 11 is 0. The normalized spacial score (nSPS) is 13.0. The molecular formula is C16H16F3NO3S. The molecule has 2 aromatic rings. The maximum atomic E-state index is 12.8. The molecule has 0 heterocycles. The highest BCUT2D eigenvalue weighted by Gasteiger charge is 2.17. The average molecular weight is 359 g/mol. The highest BCUT2D eigenvalue weighted by Crippen LogP contribution is 2.21. The van der Waals surface area contributed by atoms with Crippen LogP contribution in [0, 0.1) is 5.82 Å². The second kappa shape index (κ2) is 7.67. The number of nitrogens with one attached hydrogen (secondary N) is 1. The Morgan fingerprint density at radius 2 is 1.79 bits per heavy atom. The van der Waals surface area contributed by atoms with Gasteiger partial charge in [0.25, 0.3) is 0 Å². The van der Waals surface area contributed by atoms with Crippen molar-refractivity contribution in [1.29, 1.82) is 0 Å². The summed E-state index contributed by atoms with van der Waals surface area (Å²) < 4.78 is 68.4. The van der Waals surface area contributed by atoms with E-state index in [9.17, 15) is 21.6 Å². The fraction of sp³-hybridized carbons (Fsp3) is 0.250. The topological polar surface area (TPSA) is 55.4 Å². The first-order chi connectivity index (χ1) is 11.2. The maximum absolute atomic E-state index is 12.8. The zero-order valence-electron chi connectivity index (χ0n) is 12.7. The van der Waals surface area contributed by atoms with Gasteiger partial charge in [-0.2, -0.15) is 8.78 Å². The van der Waals surface area contributed by atoms with Gasteiger partial charge in [-0.3, -0.25) is 0 Å². The number of ether oxygens (including phenoxy) is 1. The molecule has 0 aromatic heterocycles. The highest BCUT2D eigenvalue weighted by molar-refractivity contribution is 7.88. The zero-order valence-corrected chi connectivity index (χ0v) is 13.6. The van der Waals surface area contributed by atoms with Gasteiger partial charge in [-0.25, -0.2) is 17.5 Å². The quantitative estimate of drug-likeness (QED) is 0.822. The monoisotopic (exact) mass is 359 g/mol. The highest BCUT2D eigenvalue weighted by atomic mass is 32.2. The molecule has 0 bridgehead atoms. The number of hydrogen-bond acceptors (Lipinski definition) is 3. The maximum Gasteiger partial charge on any atom is 0.387 e. The molecule has 0 radical (unpaired) electrons. The van der Waals surface area contributed by atoms with Crippen molar-refractivity contribution in [3.05, 3.63) is 65.5 Å². The smallest absolute Gasteiger partial charge is 0.387 e. The van der Waals surface area contributed by atoms with E-state index >= 15 is 0 Å². The van der Waals surface area contributed by atoms with Gasteiger partial charge in [0.2, 0.25) is 10.0 Å². The summed E-state index contributed by atoms with van der Waals surface area (Å²) in [5, 5.41) is 0. The van der Waals surface area contributed by atoms with Crippen LogP contribution in [0.3, 0.4) is 0 Å². The van der Waals surface area contributed by atoms with Crippen LogP contribution in [0.5, 0.6) is 5.75 Å². The summed E-state index contributed by atoms with van der Waals surface area (Å²) in [7, 11) is -3.69. The molecular weight excluding hydrogens is 343 g/mol. The zero-order chi connectivity index (χ0) is 17.7. The van der Waals surface area contributed by atoms with Gasteiger partial charge < -0.3 is 4.74 Å². The fourth-order valence-electron chi connectivity index (χ4n) is 2.14. The minimum absolute atomic E-state index is 0.0490. The van der Waals surface area contributed by atoms with Gasteiger partial charge in [-0.1, -0.05) is 24.3 Å². The van der Waals surface area contributed by atoms with E-state index in [1.54, 1.807) is 13.0 Å². The summed E-state index contributed by atoms with van der Waals surface area (Å²) in [6, 6.07) is 10.3. The van der Waals surface area contributed by atoms with E-state index in [4.69, 9.17) is 0 Å². The van der Waals surface area contributed by atoms with Crippen molar-refractivity contribution in [3.63, 3.8) is 0 Å². The molecule has 2 rings (SSSR count). The molecule has 8 heteroatoms. The molecule has 0 unspecified atom stereocenters. The summed E-state index contributed by atoms with van der Waals surface area (Å²) in [5.74, 6) is -0.814. The van der Waals surface area contributed by atoms with Gasteiger partial charge in [0.05, 0.1) is 5.75 Å². The number of rotatable bonds is 7. The first-order valence-corrected chi connectivity index (χ1v) is 8.69. The molecule has 0 fully saturated rings. The second-order valence-electron chi connectivity index (χ2n) is 5.18. The van der Waals surface area contributed by atoms with Crippen LogP contribution in [0.2, 0.25) is 0 Å². The van der Waals surface area contributed by atoms with E-state index < -0.39 is 28.5 Å². The Morgan fingerprint density at radius 1 is 1.12 bits per heavy atom. The van der Waals surface area contributed by atoms with Crippen LogP contribution in [0.15, 0.2) is 48.5 Å². The lowest BCUT2D eigenvalue weighted by Crippen LogP contribution is -2.28. The molecule has 0 aliphatic rings. The third-order valence-electron chi connectivity index (χ3n) is 3.21. The predicted octanol–water partition coefficient (Wildman–Crippen LogP) is 3.61. The van der Waals surface area contributed by atoms with Crippen LogP contribution in [0.4, 0.5) is 13.2 Å². The minimum atomic E-state index is -3.69. The molecule has 24 heavy (non-hydrogen) atoms. The third kappa shape index (κ3) is 5.54. The minimum Gasteiger partial charge on any atom is -0.435 e. The summed E-state index contributed by atoms with van der Waals surface area (Å²) in [4.78, 5) is 0. The number of sulfonamides is 1. The molecule has 2 aromatic carbocycles. The largest absolute Gasteiger partial charge is 0.435 e. The van der Waals surface area contributed by atoms with Crippen molar-refractivity contribution in [2.24, 2.45) is 0 Å². The molecule has 4 nitrogen and oxygen atoms in total. The third-order valence-corrected chi connectivity index (χ3v) is 4.64. The van der Waals surface area contributed by atoms with Gasteiger partial charge >= 0.3 is 6.61 Å². The van der Waals surface area contributed by atoms with Gasteiger partial charge in [0, 0.05) is 6.04 Å². The van der Waals surface area contributed by atoms with E-state index in [0.29, 0.717) is 11.1 Å². The number of benzene rings is 2. The molecule has 0 saturated carbocycles. The number of hydrogen-bond donors (Lipinski definition) is 1.